The molecule has 0 aliphatic carbocycles. The molecule has 0 saturated carbocycles. The average molecular weight is 369 g/mol. The van der Waals surface area contributed by atoms with Crippen LogP contribution in [0.2, 0.25) is 0 Å². The van der Waals surface area contributed by atoms with Gasteiger partial charge in [-0.1, -0.05) is 5.92 Å². The van der Waals surface area contributed by atoms with Crippen molar-refractivity contribution in [3.63, 3.8) is 0 Å². The van der Waals surface area contributed by atoms with Crippen LogP contribution in [0.15, 0.2) is 42.7 Å². The van der Waals surface area contributed by atoms with Crippen molar-refractivity contribution in [2.24, 2.45) is 0 Å². The fourth-order valence-electron chi connectivity index (χ4n) is 3.05. The summed E-state index contributed by atoms with van der Waals surface area (Å²) in [5.74, 6) is 7.96. The molecule has 4 heterocycles. The number of nitrogens with two attached hydrogens (primary N) is 1. The molecule has 4 aromatic rings. The summed E-state index contributed by atoms with van der Waals surface area (Å²) in [5.41, 5.74) is 11.1. The molecule has 4 aromatic heterocycles. The molecule has 138 valence electrons. The van der Waals surface area contributed by atoms with Gasteiger partial charge in [-0.05, 0) is 50.5 Å². The highest BCUT2D eigenvalue weighted by Gasteiger charge is 2.09. The summed E-state index contributed by atoms with van der Waals surface area (Å²) in [4.78, 5) is 12.9. The first kappa shape index (κ1) is 17.5. The molecule has 3 N–H and O–H groups in total. The van der Waals surface area contributed by atoms with Crippen LogP contribution >= 0.6 is 0 Å². The Hall–Kier alpha value is -3.92. The van der Waals surface area contributed by atoms with Crippen molar-refractivity contribution >= 4 is 22.8 Å². The van der Waals surface area contributed by atoms with Gasteiger partial charge in [-0.2, -0.15) is 5.10 Å². The topological polar surface area (TPSA) is 94.0 Å². The van der Waals surface area contributed by atoms with E-state index in [0.717, 1.165) is 28.2 Å². The first-order chi connectivity index (χ1) is 13.5. The summed E-state index contributed by atoms with van der Waals surface area (Å²) in [6.07, 6.45) is 3.54. The third-order valence-corrected chi connectivity index (χ3v) is 4.18. The number of fused-ring (bicyclic) bond motifs is 1. The van der Waals surface area contributed by atoms with Gasteiger partial charge < -0.3 is 11.1 Å². The molecule has 0 radical (unpaired) electrons. The number of rotatable bonds is 3. The number of aromatic nitrogens is 5. The fourth-order valence-corrected chi connectivity index (χ4v) is 3.05. The van der Waals surface area contributed by atoms with E-state index in [1.807, 2.05) is 50.4 Å². The molecule has 7 heteroatoms. The molecular formula is C21H19N7. The van der Waals surface area contributed by atoms with Crippen LogP contribution in [0.3, 0.4) is 0 Å². The molecule has 0 unspecified atom stereocenters. The van der Waals surface area contributed by atoms with E-state index in [1.165, 1.54) is 0 Å². The SMILES string of the molecule is CC#Cc1cc(-c2ccn3nc(Nc4cc(C)nc(C)n4)cc3c2)c(N)cn1. The van der Waals surface area contributed by atoms with Crippen LogP contribution in [0, 0.1) is 25.7 Å². The van der Waals surface area contributed by atoms with Crippen LogP contribution < -0.4 is 11.1 Å². The molecule has 0 saturated heterocycles. The molecule has 0 aliphatic heterocycles. The number of hydrogen-bond donors (Lipinski definition) is 2. The van der Waals surface area contributed by atoms with Crippen LogP contribution in [0.1, 0.15) is 24.1 Å². The van der Waals surface area contributed by atoms with E-state index in [2.05, 4.69) is 37.2 Å². The zero-order valence-corrected chi connectivity index (χ0v) is 15.9. The van der Waals surface area contributed by atoms with Gasteiger partial charge in [-0.15, -0.1) is 0 Å². The summed E-state index contributed by atoms with van der Waals surface area (Å²) in [7, 11) is 0. The van der Waals surface area contributed by atoms with E-state index < -0.39 is 0 Å². The number of pyridine rings is 2. The number of aryl methyl sites for hydroxylation is 2. The zero-order chi connectivity index (χ0) is 19.7. The lowest BCUT2D eigenvalue weighted by Gasteiger charge is -2.06. The molecule has 0 amide bonds. The third-order valence-electron chi connectivity index (χ3n) is 4.18. The lowest BCUT2D eigenvalue weighted by atomic mass is 10.1. The van der Waals surface area contributed by atoms with Crippen molar-refractivity contribution in [2.75, 3.05) is 11.1 Å². The molecular weight excluding hydrogens is 350 g/mol. The highest BCUT2D eigenvalue weighted by molar-refractivity contribution is 5.79. The molecule has 0 spiro atoms. The Morgan fingerprint density at radius 3 is 2.71 bits per heavy atom. The predicted molar refractivity (Wildman–Crippen MR) is 110 cm³/mol. The number of anilines is 3. The monoisotopic (exact) mass is 369 g/mol. The normalized spacial score (nSPS) is 10.5. The number of nitrogens with one attached hydrogen (secondary N) is 1. The van der Waals surface area contributed by atoms with E-state index in [0.29, 0.717) is 23.0 Å². The molecule has 28 heavy (non-hydrogen) atoms. The van der Waals surface area contributed by atoms with E-state index in [-0.39, 0.29) is 0 Å². The van der Waals surface area contributed by atoms with Gasteiger partial charge in [0.2, 0.25) is 0 Å². The quantitative estimate of drug-likeness (QED) is 0.537. The Kier molecular flexibility index (Phi) is 4.38. The van der Waals surface area contributed by atoms with E-state index in [4.69, 9.17) is 5.73 Å². The minimum absolute atomic E-state index is 0.607. The van der Waals surface area contributed by atoms with E-state index >= 15 is 0 Å². The van der Waals surface area contributed by atoms with Gasteiger partial charge in [0.1, 0.15) is 17.3 Å². The molecule has 0 aliphatic rings. The Balaban J connectivity index is 1.70. The molecule has 4 rings (SSSR count). The predicted octanol–water partition coefficient (Wildman–Crippen LogP) is 3.50. The van der Waals surface area contributed by atoms with Crippen molar-refractivity contribution in [1.82, 2.24) is 24.6 Å². The average Bonchev–Trinajstić information content (AvgIpc) is 3.04. The van der Waals surface area contributed by atoms with Gasteiger partial charge in [0.15, 0.2) is 5.82 Å². The Labute approximate surface area is 162 Å². The van der Waals surface area contributed by atoms with Crippen molar-refractivity contribution in [1.29, 1.82) is 0 Å². The van der Waals surface area contributed by atoms with Crippen LogP contribution in [0.25, 0.3) is 16.6 Å². The van der Waals surface area contributed by atoms with Gasteiger partial charge in [0.25, 0.3) is 0 Å². The van der Waals surface area contributed by atoms with Crippen LogP contribution in [-0.4, -0.2) is 24.6 Å². The molecule has 0 atom stereocenters. The summed E-state index contributed by atoms with van der Waals surface area (Å²) < 4.78 is 1.80. The summed E-state index contributed by atoms with van der Waals surface area (Å²) in [6, 6.07) is 9.75. The Morgan fingerprint density at radius 1 is 1.07 bits per heavy atom. The Bertz CT molecular complexity index is 1220. The van der Waals surface area contributed by atoms with Gasteiger partial charge in [-0.3, -0.25) is 0 Å². The fraction of sp³-hybridized carbons (Fsp3) is 0.143. The Morgan fingerprint density at radius 2 is 1.93 bits per heavy atom. The van der Waals surface area contributed by atoms with Gasteiger partial charge in [-0.25, -0.2) is 19.5 Å². The highest BCUT2D eigenvalue weighted by atomic mass is 15.3. The lowest BCUT2D eigenvalue weighted by Crippen LogP contribution is -1.99. The van der Waals surface area contributed by atoms with Gasteiger partial charge >= 0.3 is 0 Å². The largest absolute Gasteiger partial charge is 0.397 e. The maximum absolute atomic E-state index is 6.14. The second kappa shape index (κ2) is 7.00. The smallest absolute Gasteiger partial charge is 0.154 e. The minimum Gasteiger partial charge on any atom is -0.397 e. The maximum Gasteiger partial charge on any atom is 0.154 e. The maximum atomic E-state index is 6.14. The van der Waals surface area contributed by atoms with Crippen molar-refractivity contribution in [3.8, 4) is 23.0 Å². The number of nitrogen functional groups attached to an aromatic ring is 1. The molecule has 7 nitrogen and oxygen atoms in total. The summed E-state index contributed by atoms with van der Waals surface area (Å²) >= 11 is 0. The minimum atomic E-state index is 0.607. The molecule has 0 aromatic carbocycles. The van der Waals surface area contributed by atoms with Gasteiger partial charge in [0.05, 0.1) is 17.4 Å². The summed E-state index contributed by atoms with van der Waals surface area (Å²) in [6.45, 7) is 5.59. The van der Waals surface area contributed by atoms with Crippen LogP contribution in [-0.2, 0) is 0 Å². The second-order valence-electron chi connectivity index (χ2n) is 6.41. The number of nitrogens with zero attached hydrogens (tertiary/aromatic N) is 5. The lowest BCUT2D eigenvalue weighted by molar-refractivity contribution is 0.960. The zero-order valence-electron chi connectivity index (χ0n) is 15.9. The third kappa shape index (κ3) is 3.48. The van der Waals surface area contributed by atoms with Gasteiger partial charge in [0, 0.05) is 29.6 Å². The standard InChI is InChI=1S/C21H19N7/c1-4-5-16-10-18(19(22)12-23-16)15-6-7-28-17(9-15)11-21(27-28)26-20-8-13(2)24-14(3)25-20/h6-12H,22H2,1-3H3,(H,24,25,26,27). The van der Waals surface area contributed by atoms with Crippen LogP contribution in [0.4, 0.5) is 17.3 Å². The first-order valence-electron chi connectivity index (χ1n) is 8.79. The van der Waals surface area contributed by atoms with E-state index in [9.17, 15) is 0 Å². The van der Waals surface area contributed by atoms with Crippen molar-refractivity contribution in [3.05, 3.63) is 59.9 Å². The molecule has 0 bridgehead atoms. The first-order valence-corrected chi connectivity index (χ1v) is 8.79. The van der Waals surface area contributed by atoms with E-state index in [1.54, 1.807) is 17.6 Å². The van der Waals surface area contributed by atoms with Crippen LogP contribution in [0.5, 0.6) is 0 Å². The number of hydrogen-bond acceptors (Lipinski definition) is 6. The van der Waals surface area contributed by atoms with Crippen molar-refractivity contribution < 1.29 is 0 Å². The summed E-state index contributed by atoms with van der Waals surface area (Å²) in [5, 5.41) is 7.79. The molecule has 0 fully saturated rings. The second-order valence-corrected chi connectivity index (χ2v) is 6.41. The highest BCUT2D eigenvalue weighted by Crippen LogP contribution is 2.28. The van der Waals surface area contributed by atoms with Crippen molar-refractivity contribution in [2.45, 2.75) is 20.8 Å².